The first-order valence-corrected chi connectivity index (χ1v) is 17.6. The van der Waals surface area contributed by atoms with Gasteiger partial charge in [0.05, 0.1) is 5.52 Å². The number of anilines is 3. The topological polar surface area (TPSA) is 45.3 Å². The summed E-state index contributed by atoms with van der Waals surface area (Å²) in [6, 6.07) is 62.1. The van der Waals surface area contributed by atoms with Crippen LogP contribution in [-0.4, -0.2) is 4.98 Å². The van der Waals surface area contributed by atoms with Gasteiger partial charge in [-0.15, -0.1) is 0 Å². The summed E-state index contributed by atoms with van der Waals surface area (Å²) < 4.78 is 12.7. The standard InChI is InChI=1S/C48H30N2O2/c1-2-10-31(11-3-1)41-26-32(27-42-36-12-4-7-15-43(36)49-48(41)42)30-18-20-33(21-19-30)50(34-22-24-39-37-13-5-8-16-44(37)51-46(39)28-34)35-23-25-40-38-14-6-9-17-45(38)52-47(40)29-35/h1-29,49H. The Morgan fingerprint density at radius 1 is 0.346 bits per heavy atom. The van der Waals surface area contributed by atoms with E-state index < -0.39 is 0 Å². The van der Waals surface area contributed by atoms with Crippen LogP contribution >= 0.6 is 0 Å². The first kappa shape index (κ1) is 28.8. The Labute approximate surface area is 298 Å². The van der Waals surface area contributed by atoms with E-state index in [2.05, 4.69) is 162 Å². The Morgan fingerprint density at radius 2 is 0.885 bits per heavy atom. The van der Waals surface area contributed by atoms with Crippen LogP contribution in [0.4, 0.5) is 17.1 Å². The van der Waals surface area contributed by atoms with Gasteiger partial charge in [-0.25, -0.2) is 0 Å². The molecule has 4 nitrogen and oxygen atoms in total. The first-order valence-electron chi connectivity index (χ1n) is 17.6. The third-order valence-corrected chi connectivity index (χ3v) is 10.4. The van der Waals surface area contributed by atoms with E-state index in [9.17, 15) is 0 Å². The van der Waals surface area contributed by atoms with Crippen molar-refractivity contribution in [2.75, 3.05) is 4.90 Å². The third-order valence-electron chi connectivity index (χ3n) is 10.4. The highest BCUT2D eigenvalue weighted by Crippen LogP contribution is 2.42. The maximum Gasteiger partial charge on any atom is 0.137 e. The van der Waals surface area contributed by atoms with Crippen molar-refractivity contribution in [3.63, 3.8) is 0 Å². The summed E-state index contributed by atoms with van der Waals surface area (Å²) >= 11 is 0. The van der Waals surface area contributed by atoms with Gasteiger partial charge < -0.3 is 18.7 Å². The van der Waals surface area contributed by atoms with Crippen LogP contribution in [-0.2, 0) is 0 Å². The average Bonchev–Trinajstić information content (AvgIpc) is 3.89. The number of nitrogens with zero attached hydrogens (tertiary/aromatic N) is 1. The van der Waals surface area contributed by atoms with E-state index in [0.29, 0.717) is 0 Å². The molecule has 244 valence electrons. The fourth-order valence-corrected chi connectivity index (χ4v) is 7.92. The molecule has 4 heteroatoms. The van der Waals surface area contributed by atoms with Crippen molar-refractivity contribution in [3.8, 4) is 22.3 Å². The Hall–Kier alpha value is -7.04. The fourth-order valence-electron chi connectivity index (χ4n) is 7.92. The number of aromatic amines is 1. The van der Waals surface area contributed by atoms with Crippen LogP contribution in [0.1, 0.15) is 0 Å². The van der Waals surface area contributed by atoms with E-state index in [-0.39, 0.29) is 0 Å². The monoisotopic (exact) mass is 666 g/mol. The SMILES string of the molecule is c1ccc(-c2cc(-c3ccc(N(c4ccc5c(c4)oc4ccccc45)c4ccc5c(c4)oc4ccccc45)cc3)cc3c2[nH]c2ccccc23)cc1. The molecule has 0 amide bonds. The van der Waals surface area contributed by atoms with Crippen molar-refractivity contribution in [3.05, 3.63) is 176 Å². The molecular weight excluding hydrogens is 637 g/mol. The second kappa shape index (κ2) is 11.2. The number of para-hydroxylation sites is 3. The number of hydrogen-bond acceptors (Lipinski definition) is 3. The van der Waals surface area contributed by atoms with Gasteiger partial charge in [-0.3, -0.25) is 0 Å². The van der Waals surface area contributed by atoms with Gasteiger partial charge in [-0.1, -0.05) is 97.1 Å². The van der Waals surface area contributed by atoms with Crippen LogP contribution in [0.3, 0.4) is 0 Å². The van der Waals surface area contributed by atoms with Gasteiger partial charge >= 0.3 is 0 Å². The maximum absolute atomic E-state index is 6.36. The Kier molecular flexibility index (Phi) is 6.22. The molecule has 0 radical (unpaired) electrons. The molecule has 1 N–H and O–H groups in total. The molecule has 0 bridgehead atoms. The molecule has 0 spiro atoms. The molecule has 0 aliphatic carbocycles. The minimum Gasteiger partial charge on any atom is -0.456 e. The largest absolute Gasteiger partial charge is 0.456 e. The lowest BCUT2D eigenvalue weighted by Gasteiger charge is -2.25. The van der Waals surface area contributed by atoms with Crippen molar-refractivity contribution in [2.24, 2.45) is 0 Å². The van der Waals surface area contributed by atoms with Crippen molar-refractivity contribution in [1.29, 1.82) is 0 Å². The molecule has 0 saturated heterocycles. The molecule has 52 heavy (non-hydrogen) atoms. The summed E-state index contributed by atoms with van der Waals surface area (Å²) in [6.45, 7) is 0. The minimum atomic E-state index is 0.852. The molecule has 0 atom stereocenters. The number of nitrogens with one attached hydrogen (secondary N) is 1. The van der Waals surface area contributed by atoms with Gasteiger partial charge in [0.1, 0.15) is 22.3 Å². The highest BCUT2D eigenvalue weighted by Gasteiger charge is 2.19. The third kappa shape index (κ3) is 4.48. The number of benzene rings is 8. The molecule has 0 fully saturated rings. The maximum atomic E-state index is 6.36. The van der Waals surface area contributed by atoms with E-state index >= 15 is 0 Å². The van der Waals surface area contributed by atoms with Crippen molar-refractivity contribution in [1.82, 2.24) is 4.98 Å². The zero-order valence-electron chi connectivity index (χ0n) is 28.0. The molecule has 0 aliphatic rings. The van der Waals surface area contributed by atoms with Crippen LogP contribution in [0.15, 0.2) is 185 Å². The minimum absolute atomic E-state index is 0.852. The number of hydrogen-bond donors (Lipinski definition) is 1. The first-order chi connectivity index (χ1) is 25.7. The predicted molar refractivity (Wildman–Crippen MR) is 216 cm³/mol. The van der Waals surface area contributed by atoms with Gasteiger partial charge in [-0.05, 0) is 83.4 Å². The van der Waals surface area contributed by atoms with E-state index in [4.69, 9.17) is 8.83 Å². The van der Waals surface area contributed by atoms with Crippen molar-refractivity contribution >= 4 is 82.7 Å². The molecule has 11 aromatic rings. The second-order valence-corrected chi connectivity index (χ2v) is 13.4. The lowest BCUT2D eigenvalue weighted by atomic mass is 9.95. The lowest BCUT2D eigenvalue weighted by Crippen LogP contribution is -2.09. The Morgan fingerprint density at radius 3 is 1.54 bits per heavy atom. The van der Waals surface area contributed by atoms with Gasteiger partial charge in [0.15, 0.2) is 0 Å². The molecule has 0 aliphatic heterocycles. The zero-order valence-corrected chi connectivity index (χ0v) is 28.0. The van der Waals surface area contributed by atoms with Crippen LogP contribution in [0.5, 0.6) is 0 Å². The molecule has 0 unspecified atom stereocenters. The Bertz CT molecular complexity index is 3020. The van der Waals surface area contributed by atoms with Crippen LogP contribution in [0.25, 0.3) is 87.9 Å². The van der Waals surface area contributed by atoms with Crippen LogP contribution < -0.4 is 4.90 Å². The highest BCUT2D eigenvalue weighted by molar-refractivity contribution is 6.13. The molecule has 0 saturated carbocycles. The second-order valence-electron chi connectivity index (χ2n) is 13.4. The fraction of sp³-hybridized carbons (Fsp3) is 0. The summed E-state index contributed by atoms with van der Waals surface area (Å²) in [5.74, 6) is 0. The molecule has 3 heterocycles. The number of aromatic nitrogens is 1. The van der Waals surface area contributed by atoms with Crippen molar-refractivity contribution < 1.29 is 8.83 Å². The molecule has 11 rings (SSSR count). The predicted octanol–water partition coefficient (Wildman–Crippen LogP) is 13.9. The summed E-state index contributed by atoms with van der Waals surface area (Å²) in [5.41, 5.74) is 13.5. The van der Waals surface area contributed by atoms with E-state index in [0.717, 1.165) is 77.5 Å². The highest BCUT2D eigenvalue weighted by atomic mass is 16.3. The van der Waals surface area contributed by atoms with E-state index in [1.807, 2.05) is 24.3 Å². The quantitative estimate of drug-likeness (QED) is 0.199. The number of furan rings is 2. The van der Waals surface area contributed by atoms with E-state index in [1.165, 1.54) is 27.5 Å². The average molecular weight is 667 g/mol. The van der Waals surface area contributed by atoms with Crippen LogP contribution in [0, 0.1) is 0 Å². The molecular formula is C48H30N2O2. The van der Waals surface area contributed by atoms with Crippen molar-refractivity contribution in [2.45, 2.75) is 0 Å². The summed E-state index contributed by atoms with van der Waals surface area (Å²) in [4.78, 5) is 5.98. The number of H-pyrrole nitrogens is 1. The summed E-state index contributed by atoms with van der Waals surface area (Å²) in [5, 5.41) is 6.88. The lowest BCUT2D eigenvalue weighted by molar-refractivity contribution is 0.669. The molecule has 8 aromatic carbocycles. The summed E-state index contributed by atoms with van der Waals surface area (Å²) in [7, 11) is 0. The van der Waals surface area contributed by atoms with Gasteiger partial charge in [-0.2, -0.15) is 0 Å². The molecule has 3 aromatic heterocycles. The van der Waals surface area contributed by atoms with Gasteiger partial charge in [0.25, 0.3) is 0 Å². The smallest absolute Gasteiger partial charge is 0.137 e. The Balaban J connectivity index is 1.07. The van der Waals surface area contributed by atoms with Gasteiger partial charge in [0, 0.05) is 72.6 Å². The number of fused-ring (bicyclic) bond motifs is 9. The normalized spacial score (nSPS) is 11.8. The summed E-state index contributed by atoms with van der Waals surface area (Å²) in [6.07, 6.45) is 0. The zero-order chi connectivity index (χ0) is 34.2. The number of rotatable bonds is 5. The van der Waals surface area contributed by atoms with Crippen LogP contribution in [0.2, 0.25) is 0 Å². The van der Waals surface area contributed by atoms with Gasteiger partial charge in [0.2, 0.25) is 0 Å². The van der Waals surface area contributed by atoms with E-state index in [1.54, 1.807) is 0 Å².